The second-order valence-electron chi connectivity index (χ2n) is 2.28. The molecule has 1 aliphatic heterocycles. The Morgan fingerprint density at radius 2 is 2.56 bits per heavy atom. The van der Waals surface area contributed by atoms with Gasteiger partial charge < -0.3 is 5.32 Å². The fraction of sp³-hybridized carbons (Fsp3) is 0.833. The van der Waals surface area contributed by atoms with Gasteiger partial charge in [-0.15, -0.1) is 0 Å². The van der Waals surface area contributed by atoms with Crippen LogP contribution in [-0.2, 0) is 4.79 Å². The molecule has 1 amide bonds. The summed E-state index contributed by atoms with van der Waals surface area (Å²) in [5, 5.41) is 2.91. The molecule has 0 bridgehead atoms. The minimum Gasteiger partial charge on any atom is -0.353 e. The number of amides is 1. The van der Waals surface area contributed by atoms with Crippen LogP contribution in [0.4, 0.5) is 0 Å². The molecule has 1 rings (SSSR count). The minimum atomic E-state index is 0.227. The summed E-state index contributed by atoms with van der Waals surface area (Å²) in [6.45, 7) is 0. The van der Waals surface area contributed by atoms with Gasteiger partial charge in [-0.3, -0.25) is 4.79 Å². The quantitative estimate of drug-likeness (QED) is 0.567. The van der Waals surface area contributed by atoms with Crippen LogP contribution in [0.15, 0.2) is 0 Å². The zero-order chi connectivity index (χ0) is 6.69. The van der Waals surface area contributed by atoms with E-state index in [1.807, 2.05) is 0 Å². The molecule has 1 N–H and O–H groups in total. The molecule has 0 saturated carbocycles. The van der Waals surface area contributed by atoms with E-state index in [0.29, 0.717) is 6.04 Å². The number of alkyl halides is 1. The Labute approximate surface area is 68.5 Å². The maximum atomic E-state index is 10.6. The summed E-state index contributed by atoms with van der Waals surface area (Å²) < 4.78 is 1.14. The zero-order valence-electron chi connectivity index (χ0n) is 5.19. The minimum absolute atomic E-state index is 0.227. The molecule has 0 unspecified atom stereocenters. The molecule has 0 aromatic rings. The first-order valence-electron chi connectivity index (χ1n) is 3.18. The second-order valence-corrected chi connectivity index (χ2v) is 3.36. The molecule has 3 heteroatoms. The van der Waals surface area contributed by atoms with Crippen molar-refractivity contribution in [2.24, 2.45) is 0 Å². The molecule has 1 atom stereocenters. The second kappa shape index (κ2) is 3.39. The normalized spacial score (nSPS) is 26.3. The van der Waals surface area contributed by atoms with Crippen molar-refractivity contribution in [3.8, 4) is 0 Å². The molecule has 1 aliphatic rings. The first-order chi connectivity index (χ1) is 4.33. The maximum absolute atomic E-state index is 10.6. The van der Waals surface area contributed by atoms with Crippen LogP contribution in [0.2, 0.25) is 0 Å². The lowest BCUT2D eigenvalue weighted by molar-refractivity contribution is -0.119. The molecule has 52 valence electrons. The van der Waals surface area contributed by atoms with Crippen LogP contribution in [-0.4, -0.2) is 16.4 Å². The standard InChI is InChI=1S/C6H10INO/c7-4-3-5-1-2-6(9)8-5/h5H,1-4H2,(H,8,9)/t5-/m0/s1. The molecule has 1 saturated heterocycles. The van der Waals surface area contributed by atoms with Crippen molar-refractivity contribution in [1.82, 2.24) is 5.32 Å². The number of carbonyl (C=O) groups is 1. The molecule has 0 aromatic carbocycles. The number of halogens is 1. The molecule has 1 heterocycles. The zero-order valence-corrected chi connectivity index (χ0v) is 7.35. The van der Waals surface area contributed by atoms with Crippen LogP contribution in [0, 0.1) is 0 Å². The Morgan fingerprint density at radius 1 is 1.78 bits per heavy atom. The van der Waals surface area contributed by atoms with Crippen LogP contribution in [0.3, 0.4) is 0 Å². The van der Waals surface area contributed by atoms with E-state index in [2.05, 4.69) is 27.9 Å². The summed E-state index contributed by atoms with van der Waals surface area (Å²) >= 11 is 2.33. The van der Waals surface area contributed by atoms with Gasteiger partial charge in [-0.05, 0) is 12.8 Å². The summed E-state index contributed by atoms with van der Waals surface area (Å²) in [6.07, 6.45) is 2.91. The van der Waals surface area contributed by atoms with E-state index in [1.54, 1.807) is 0 Å². The summed E-state index contributed by atoms with van der Waals surface area (Å²) in [7, 11) is 0. The molecule has 9 heavy (non-hydrogen) atoms. The van der Waals surface area contributed by atoms with Gasteiger partial charge in [0.2, 0.25) is 5.91 Å². The Kier molecular flexibility index (Phi) is 2.75. The Hall–Kier alpha value is 0.200. The highest BCUT2D eigenvalue weighted by atomic mass is 127. The smallest absolute Gasteiger partial charge is 0.220 e. The molecule has 2 nitrogen and oxygen atoms in total. The van der Waals surface area contributed by atoms with Crippen molar-refractivity contribution in [2.45, 2.75) is 25.3 Å². The van der Waals surface area contributed by atoms with Crippen molar-refractivity contribution in [3.63, 3.8) is 0 Å². The van der Waals surface area contributed by atoms with Gasteiger partial charge in [0, 0.05) is 16.9 Å². The van der Waals surface area contributed by atoms with E-state index >= 15 is 0 Å². The van der Waals surface area contributed by atoms with E-state index in [9.17, 15) is 4.79 Å². The lowest BCUT2D eigenvalue weighted by Crippen LogP contribution is -2.25. The van der Waals surface area contributed by atoms with Crippen molar-refractivity contribution in [3.05, 3.63) is 0 Å². The van der Waals surface area contributed by atoms with Crippen molar-refractivity contribution >= 4 is 28.5 Å². The van der Waals surface area contributed by atoms with E-state index in [0.717, 1.165) is 23.7 Å². The molecule has 0 radical (unpaired) electrons. The first-order valence-corrected chi connectivity index (χ1v) is 4.71. The van der Waals surface area contributed by atoms with Crippen LogP contribution in [0.25, 0.3) is 0 Å². The highest BCUT2D eigenvalue weighted by Crippen LogP contribution is 2.10. The lowest BCUT2D eigenvalue weighted by Gasteiger charge is -2.04. The van der Waals surface area contributed by atoms with Gasteiger partial charge in [-0.25, -0.2) is 0 Å². The third kappa shape index (κ3) is 2.12. The topological polar surface area (TPSA) is 29.1 Å². The van der Waals surface area contributed by atoms with Gasteiger partial charge in [0.1, 0.15) is 0 Å². The number of nitrogens with one attached hydrogen (secondary N) is 1. The molecule has 0 spiro atoms. The maximum Gasteiger partial charge on any atom is 0.220 e. The van der Waals surface area contributed by atoms with Crippen LogP contribution >= 0.6 is 22.6 Å². The van der Waals surface area contributed by atoms with E-state index in [4.69, 9.17) is 0 Å². The third-order valence-electron chi connectivity index (χ3n) is 1.54. The predicted octanol–water partition coefficient (Wildman–Crippen LogP) is 1.09. The first kappa shape index (κ1) is 7.31. The predicted molar refractivity (Wildman–Crippen MR) is 44.7 cm³/mol. The van der Waals surface area contributed by atoms with Gasteiger partial charge in [0.25, 0.3) is 0 Å². The summed E-state index contributed by atoms with van der Waals surface area (Å²) in [5.74, 6) is 0.227. The molecule has 0 aromatic heterocycles. The van der Waals surface area contributed by atoms with Gasteiger partial charge >= 0.3 is 0 Å². The van der Waals surface area contributed by atoms with E-state index < -0.39 is 0 Å². The molecular weight excluding hydrogens is 229 g/mol. The van der Waals surface area contributed by atoms with E-state index in [-0.39, 0.29) is 5.91 Å². The third-order valence-corrected chi connectivity index (χ3v) is 2.17. The Morgan fingerprint density at radius 3 is 3.00 bits per heavy atom. The van der Waals surface area contributed by atoms with Gasteiger partial charge in [-0.1, -0.05) is 22.6 Å². The summed E-state index contributed by atoms with van der Waals surface area (Å²) in [5.41, 5.74) is 0. The summed E-state index contributed by atoms with van der Waals surface area (Å²) in [4.78, 5) is 10.6. The average Bonchev–Trinajstić information content (AvgIpc) is 2.17. The van der Waals surface area contributed by atoms with Crippen LogP contribution in [0.5, 0.6) is 0 Å². The number of carbonyl (C=O) groups excluding carboxylic acids is 1. The van der Waals surface area contributed by atoms with Crippen molar-refractivity contribution in [2.75, 3.05) is 4.43 Å². The molecular formula is C6H10INO. The fourth-order valence-corrected chi connectivity index (χ4v) is 1.78. The monoisotopic (exact) mass is 239 g/mol. The van der Waals surface area contributed by atoms with Gasteiger partial charge in [-0.2, -0.15) is 0 Å². The Balaban J connectivity index is 2.22. The number of hydrogen-bond acceptors (Lipinski definition) is 1. The molecule has 0 aliphatic carbocycles. The number of rotatable bonds is 2. The van der Waals surface area contributed by atoms with Crippen molar-refractivity contribution in [1.29, 1.82) is 0 Å². The average molecular weight is 239 g/mol. The Bertz CT molecular complexity index is 116. The fourth-order valence-electron chi connectivity index (χ4n) is 1.03. The van der Waals surface area contributed by atoms with E-state index in [1.165, 1.54) is 0 Å². The highest BCUT2D eigenvalue weighted by molar-refractivity contribution is 14.1. The van der Waals surface area contributed by atoms with Gasteiger partial charge in [0.15, 0.2) is 0 Å². The van der Waals surface area contributed by atoms with Crippen LogP contribution < -0.4 is 5.32 Å². The lowest BCUT2D eigenvalue weighted by atomic mass is 10.2. The number of hydrogen-bond donors (Lipinski definition) is 1. The van der Waals surface area contributed by atoms with Gasteiger partial charge in [0.05, 0.1) is 0 Å². The molecule has 1 fully saturated rings. The van der Waals surface area contributed by atoms with Crippen LogP contribution in [0.1, 0.15) is 19.3 Å². The summed E-state index contributed by atoms with van der Waals surface area (Å²) in [6, 6.07) is 0.481. The highest BCUT2D eigenvalue weighted by Gasteiger charge is 2.18. The largest absolute Gasteiger partial charge is 0.353 e. The van der Waals surface area contributed by atoms with Crippen molar-refractivity contribution < 1.29 is 4.79 Å². The SMILES string of the molecule is O=C1CC[C@@H](CCI)N1.